The molecule has 3 N–H and O–H groups in total. The molecule has 1 aromatic rings. The maximum atomic E-state index is 5.46. The fourth-order valence-electron chi connectivity index (χ4n) is 0.716. The molecule has 1 aromatic heterocycles. The monoisotopic (exact) mass is 155 g/mol. The smallest absolute Gasteiger partial charge is 0.226 e. The largest absolute Gasteiger partial charge is 0.367 e. The van der Waals surface area contributed by atoms with Crippen LogP contribution >= 0.6 is 0 Å². The van der Waals surface area contributed by atoms with Crippen LogP contribution in [0.5, 0.6) is 0 Å². The summed E-state index contributed by atoms with van der Waals surface area (Å²) < 4.78 is 4.68. The molecule has 0 fully saturated rings. The van der Waals surface area contributed by atoms with Gasteiger partial charge in [0, 0.05) is 12.6 Å². The fourth-order valence-corrected chi connectivity index (χ4v) is 0.716. The standard InChI is InChI=1S/C7H13N3O/c1-5(2)9-3-6-4-10-11-7(6)8/h4-5,9H,3,8H2,1-2H3. The minimum absolute atomic E-state index is 0.401. The molecule has 0 atom stereocenters. The van der Waals surface area contributed by atoms with Crippen LogP contribution in [0.25, 0.3) is 0 Å². The molecule has 0 aliphatic rings. The lowest BCUT2D eigenvalue weighted by molar-refractivity contribution is 0.435. The van der Waals surface area contributed by atoms with E-state index in [0.29, 0.717) is 18.5 Å². The van der Waals surface area contributed by atoms with Crippen molar-refractivity contribution in [2.75, 3.05) is 5.73 Å². The lowest BCUT2D eigenvalue weighted by Gasteiger charge is -2.05. The Morgan fingerprint density at radius 1 is 1.73 bits per heavy atom. The first-order valence-corrected chi connectivity index (χ1v) is 3.62. The Balaban J connectivity index is 2.44. The summed E-state index contributed by atoms with van der Waals surface area (Å²) in [4.78, 5) is 0. The van der Waals surface area contributed by atoms with E-state index in [0.717, 1.165) is 5.56 Å². The topological polar surface area (TPSA) is 64.1 Å². The lowest BCUT2D eigenvalue weighted by atomic mass is 10.3. The number of rotatable bonds is 3. The Kier molecular flexibility index (Phi) is 2.48. The molecule has 1 heterocycles. The number of anilines is 1. The number of hydrogen-bond donors (Lipinski definition) is 2. The van der Waals surface area contributed by atoms with E-state index in [2.05, 4.69) is 28.8 Å². The molecule has 11 heavy (non-hydrogen) atoms. The number of nitrogens with zero attached hydrogens (tertiary/aromatic N) is 1. The predicted molar refractivity (Wildman–Crippen MR) is 42.9 cm³/mol. The van der Waals surface area contributed by atoms with Gasteiger partial charge in [0.25, 0.3) is 0 Å². The van der Waals surface area contributed by atoms with Crippen molar-refractivity contribution in [1.29, 1.82) is 0 Å². The molecule has 0 radical (unpaired) electrons. The molecule has 0 bridgehead atoms. The summed E-state index contributed by atoms with van der Waals surface area (Å²) >= 11 is 0. The van der Waals surface area contributed by atoms with Gasteiger partial charge in [0.05, 0.1) is 11.8 Å². The Morgan fingerprint density at radius 3 is 2.91 bits per heavy atom. The predicted octanol–water partition coefficient (Wildman–Crippen LogP) is 0.755. The minimum atomic E-state index is 0.401. The molecule has 0 aromatic carbocycles. The van der Waals surface area contributed by atoms with E-state index >= 15 is 0 Å². The molecular formula is C7H13N3O. The SMILES string of the molecule is CC(C)NCc1cnoc1N. The number of nitrogens with one attached hydrogen (secondary N) is 1. The molecule has 0 aliphatic heterocycles. The summed E-state index contributed by atoms with van der Waals surface area (Å²) in [5.41, 5.74) is 6.37. The summed E-state index contributed by atoms with van der Waals surface area (Å²) in [5.74, 6) is 0.401. The lowest BCUT2D eigenvalue weighted by Crippen LogP contribution is -2.21. The molecule has 1 rings (SSSR count). The van der Waals surface area contributed by atoms with E-state index in [1.165, 1.54) is 0 Å². The van der Waals surface area contributed by atoms with Crippen molar-refractivity contribution >= 4 is 5.88 Å². The zero-order valence-electron chi connectivity index (χ0n) is 6.79. The van der Waals surface area contributed by atoms with E-state index in [4.69, 9.17) is 5.73 Å². The maximum Gasteiger partial charge on any atom is 0.226 e. The molecule has 0 saturated heterocycles. The van der Waals surface area contributed by atoms with Crippen LogP contribution in [0.2, 0.25) is 0 Å². The van der Waals surface area contributed by atoms with Crippen LogP contribution in [-0.2, 0) is 6.54 Å². The highest BCUT2D eigenvalue weighted by atomic mass is 16.5. The Hall–Kier alpha value is -1.03. The zero-order chi connectivity index (χ0) is 8.27. The number of nitrogen functional groups attached to an aromatic ring is 1. The second-order valence-electron chi connectivity index (χ2n) is 2.75. The van der Waals surface area contributed by atoms with Gasteiger partial charge in [-0.2, -0.15) is 0 Å². The molecule has 0 aliphatic carbocycles. The first-order valence-electron chi connectivity index (χ1n) is 3.62. The first kappa shape index (κ1) is 8.07. The second kappa shape index (κ2) is 3.39. The van der Waals surface area contributed by atoms with Crippen molar-refractivity contribution in [2.24, 2.45) is 0 Å². The van der Waals surface area contributed by atoms with Crippen LogP contribution in [0.3, 0.4) is 0 Å². The summed E-state index contributed by atoms with van der Waals surface area (Å²) in [6, 6.07) is 0.448. The average molecular weight is 155 g/mol. The van der Waals surface area contributed by atoms with E-state index in [9.17, 15) is 0 Å². The van der Waals surface area contributed by atoms with E-state index in [1.54, 1.807) is 6.20 Å². The normalized spacial score (nSPS) is 10.8. The zero-order valence-corrected chi connectivity index (χ0v) is 6.79. The number of hydrogen-bond acceptors (Lipinski definition) is 4. The van der Waals surface area contributed by atoms with Crippen molar-refractivity contribution in [3.05, 3.63) is 11.8 Å². The van der Waals surface area contributed by atoms with Gasteiger partial charge in [0.1, 0.15) is 0 Å². The molecule has 4 nitrogen and oxygen atoms in total. The fraction of sp³-hybridized carbons (Fsp3) is 0.571. The molecular weight excluding hydrogens is 142 g/mol. The summed E-state index contributed by atoms with van der Waals surface area (Å²) in [6.45, 7) is 4.86. The Morgan fingerprint density at radius 2 is 2.45 bits per heavy atom. The third-order valence-electron chi connectivity index (χ3n) is 1.38. The van der Waals surface area contributed by atoms with Crippen LogP contribution < -0.4 is 11.1 Å². The minimum Gasteiger partial charge on any atom is -0.367 e. The van der Waals surface area contributed by atoms with Gasteiger partial charge in [0.2, 0.25) is 5.88 Å². The van der Waals surface area contributed by atoms with Crippen LogP contribution in [0.4, 0.5) is 5.88 Å². The first-order chi connectivity index (χ1) is 5.20. The summed E-state index contributed by atoms with van der Waals surface area (Å²) in [5, 5.41) is 6.77. The van der Waals surface area contributed by atoms with Crippen molar-refractivity contribution in [1.82, 2.24) is 10.5 Å². The average Bonchev–Trinajstić information content (AvgIpc) is 2.31. The van der Waals surface area contributed by atoms with Crippen LogP contribution in [-0.4, -0.2) is 11.2 Å². The van der Waals surface area contributed by atoms with Gasteiger partial charge in [-0.1, -0.05) is 19.0 Å². The highest BCUT2D eigenvalue weighted by Crippen LogP contribution is 2.08. The van der Waals surface area contributed by atoms with Gasteiger partial charge in [-0.3, -0.25) is 0 Å². The quantitative estimate of drug-likeness (QED) is 0.676. The molecule has 0 spiro atoms. The third-order valence-corrected chi connectivity index (χ3v) is 1.38. The van der Waals surface area contributed by atoms with Crippen molar-refractivity contribution in [3.8, 4) is 0 Å². The van der Waals surface area contributed by atoms with Crippen LogP contribution in [0.15, 0.2) is 10.7 Å². The molecule has 4 heteroatoms. The van der Waals surface area contributed by atoms with Gasteiger partial charge in [0.15, 0.2) is 0 Å². The highest BCUT2D eigenvalue weighted by molar-refractivity contribution is 5.32. The number of nitrogens with two attached hydrogens (primary N) is 1. The van der Waals surface area contributed by atoms with Gasteiger partial charge < -0.3 is 15.6 Å². The van der Waals surface area contributed by atoms with Gasteiger partial charge >= 0.3 is 0 Å². The van der Waals surface area contributed by atoms with Crippen molar-refractivity contribution < 1.29 is 4.52 Å². The van der Waals surface area contributed by atoms with Gasteiger partial charge in [-0.05, 0) is 0 Å². The maximum absolute atomic E-state index is 5.46. The van der Waals surface area contributed by atoms with E-state index in [1.807, 2.05) is 0 Å². The second-order valence-corrected chi connectivity index (χ2v) is 2.75. The summed E-state index contributed by atoms with van der Waals surface area (Å²) in [7, 11) is 0. The molecule has 0 unspecified atom stereocenters. The van der Waals surface area contributed by atoms with Crippen molar-refractivity contribution in [2.45, 2.75) is 26.4 Å². The van der Waals surface area contributed by atoms with E-state index < -0.39 is 0 Å². The Labute approximate surface area is 65.7 Å². The van der Waals surface area contributed by atoms with Crippen molar-refractivity contribution in [3.63, 3.8) is 0 Å². The van der Waals surface area contributed by atoms with Crippen LogP contribution in [0, 0.1) is 0 Å². The summed E-state index contributed by atoms with van der Waals surface area (Å²) in [6.07, 6.45) is 1.63. The molecule has 0 amide bonds. The highest BCUT2D eigenvalue weighted by Gasteiger charge is 2.02. The van der Waals surface area contributed by atoms with E-state index in [-0.39, 0.29) is 0 Å². The third kappa shape index (κ3) is 2.23. The van der Waals surface area contributed by atoms with Crippen LogP contribution in [0.1, 0.15) is 19.4 Å². The molecule has 62 valence electrons. The number of aromatic nitrogens is 1. The Bertz CT molecular complexity index is 219. The van der Waals surface area contributed by atoms with Gasteiger partial charge in [-0.15, -0.1) is 0 Å². The molecule has 0 saturated carbocycles. The van der Waals surface area contributed by atoms with Gasteiger partial charge in [-0.25, -0.2) is 0 Å².